The molecule has 0 aromatic heterocycles. The van der Waals surface area contributed by atoms with Gasteiger partial charge in [0.2, 0.25) is 0 Å². The van der Waals surface area contributed by atoms with E-state index in [2.05, 4.69) is 19.2 Å². The SMILES string of the molecule is CC(C)(CNC1CCOC1)c1ccc(Cl)c(Cl)c1. The van der Waals surface area contributed by atoms with Crippen LogP contribution in [0.5, 0.6) is 0 Å². The highest BCUT2D eigenvalue weighted by Crippen LogP contribution is 2.29. The average Bonchev–Trinajstić information content (AvgIpc) is 2.83. The molecule has 18 heavy (non-hydrogen) atoms. The first-order valence-electron chi connectivity index (χ1n) is 6.26. The summed E-state index contributed by atoms with van der Waals surface area (Å²) >= 11 is 12.0. The van der Waals surface area contributed by atoms with Gasteiger partial charge in [0, 0.05) is 24.6 Å². The summed E-state index contributed by atoms with van der Waals surface area (Å²) in [6.45, 7) is 6.99. The molecule has 1 heterocycles. The molecule has 0 bridgehead atoms. The molecule has 1 atom stereocenters. The third kappa shape index (κ3) is 3.39. The van der Waals surface area contributed by atoms with Gasteiger partial charge >= 0.3 is 0 Å². The fourth-order valence-corrected chi connectivity index (χ4v) is 2.41. The standard InChI is InChI=1S/C14H19Cl2NO/c1-14(2,9-17-11-5-6-18-8-11)10-3-4-12(15)13(16)7-10/h3-4,7,11,17H,5-6,8-9H2,1-2H3. The molecule has 1 aromatic rings. The fourth-order valence-electron chi connectivity index (χ4n) is 2.11. The topological polar surface area (TPSA) is 21.3 Å². The minimum atomic E-state index is 0.0246. The van der Waals surface area contributed by atoms with Gasteiger partial charge in [0.15, 0.2) is 0 Å². The molecule has 0 spiro atoms. The number of ether oxygens (including phenoxy) is 1. The van der Waals surface area contributed by atoms with Crippen molar-refractivity contribution < 1.29 is 4.74 Å². The van der Waals surface area contributed by atoms with E-state index in [0.29, 0.717) is 16.1 Å². The van der Waals surface area contributed by atoms with Crippen molar-refractivity contribution in [3.8, 4) is 0 Å². The highest BCUT2D eigenvalue weighted by molar-refractivity contribution is 6.42. The Labute approximate surface area is 119 Å². The predicted molar refractivity (Wildman–Crippen MR) is 76.7 cm³/mol. The van der Waals surface area contributed by atoms with Crippen LogP contribution >= 0.6 is 23.2 Å². The Kier molecular flexibility index (Phi) is 4.54. The van der Waals surface area contributed by atoms with E-state index in [1.54, 1.807) is 0 Å². The van der Waals surface area contributed by atoms with Crippen LogP contribution in [0, 0.1) is 0 Å². The van der Waals surface area contributed by atoms with E-state index in [4.69, 9.17) is 27.9 Å². The van der Waals surface area contributed by atoms with Gasteiger partial charge in [-0.1, -0.05) is 43.1 Å². The van der Waals surface area contributed by atoms with Crippen molar-refractivity contribution in [1.29, 1.82) is 0 Å². The Morgan fingerprint density at radius 2 is 2.11 bits per heavy atom. The molecule has 1 fully saturated rings. The van der Waals surface area contributed by atoms with E-state index in [0.717, 1.165) is 26.2 Å². The van der Waals surface area contributed by atoms with Crippen molar-refractivity contribution in [3.05, 3.63) is 33.8 Å². The Hall–Kier alpha value is -0.280. The van der Waals surface area contributed by atoms with Gasteiger partial charge in [-0.15, -0.1) is 0 Å². The summed E-state index contributed by atoms with van der Waals surface area (Å²) in [5.41, 5.74) is 1.22. The minimum absolute atomic E-state index is 0.0246. The number of rotatable bonds is 4. The van der Waals surface area contributed by atoms with E-state index >= 15 is 0 Å². The molecule has 1 aromatic carbocycles. The normalized spacial score (nSPS) is 20.3. The van der Waals surface area contributed by atoms with Gasteiger partial charge in [0.05, 0.1) is 16.7 Å². The highest BCUT2D eigenvalue weighted by atomic mass is 35.5. The van der Waals surface area contributed by atoms with Crippen LogP contribution in [0.3, 0.4) is 0 Å². The molecule has 1 N–H and O–H groups in total. The summed E-state index contributed by atoms with van der Waals surface area (Å²) < 4.78 is 5.36. The zero-order valence-electron chi connectivity index (χ0n) is 10.8. The maximum Gasteiger partial charge on any atom is 0.0620 e. The largest absolute Gasteiger partial charge is 0.380 e. The number of nitrogens with one attached hydrogen (secondary N) is 1. The lowest BCUT2D eigenvalue weighted by Crippen LogP contribution is -2.39. The molecule has 1 aliphatic rings. The molecule has 4 heteroatoms. The van der Waals surface area contributed by atoms with Crippen LogP contribution in [0.15, 0.2) is 18.2 Å². The van der Waals surface area contributed by atoms with Crippen LogP contribution in [0.4, 0.5) is 0 Å². The Bertz CT molecular complexity index is 414. The number of hydrogen-bond donors (Lipinski definition) is 1. The zero-order valence-corrected chi connectivity index (χ0v) is 12.3. The lowest BCUT2D eigenvalue weighted by Gasteiger charge is -2.27. The molecule has 2 rings (SSSR count). The first-order chi connectivity index (χ1) is 8.49. The first kappa shape index (κ1) is 14.1. The molecule has 1 saturated heterocycles. The van der Waals surface area contributed by atoms with E-state index in [1.165, 1.54) is 5.56 Å². The van der Waals surface area contributed by atoms with Gasteiger partial charge in [0.25, 0.3) is 0 Å². The second kappa shape index (κ2) is 5.79. The van der Waals surface area contributed by atoms with Crippen LogP contribution < -0.4 is 5.32 Å². The Morgan fingerprint density at radius 3 is 2.72 bits per heavy atom. The number of hydrogen-bond acceptors (Lipinski definition) is 2. The Balaban J connectivity index is 2.01. The molecule has 0 aliphatic carbocycles. The summed E-state index contributed by atoms with van der Waals surface area (Å²) in [5, 5.41) is 4.78. The Morgan fingerprint density at radius 1 is 1.33 bits per heavy atom. The minimum Gasteiger partial charge on any atom is -0.380 e. The van der Waals surface area contributed by atoms with Crippen molar-refractivity contribution in [2.24, 2.45) is 0 Å². The van der Waals surface area contributed by atoms with Crippen molar-refractivity contribution in [3.63, 3.8) is 0 Å². The predicted octanol–water partition coefficient (Wildman–Crippen LogP) is 3.65. The third-order valence-corrected chi connectivity index (χ3v) is 4.20. The first-order valence-corrected chi connectivity index (χ1v) is 7.01. The van der Waals surface area contributed by atoms with Crippen molar-refractivity contribution in [2.45, 2.75) is 31.7 Å². The summed E-state index contributed by atoms with van der Waals surface area (Å²) in [6, 6.07) is 6.34. The van der Waals surface area contributed by atoms with E-state index in [9.17, 15) is 0 Å². The third-order valence-electron chi connectivity index (χ3n) is 3.46. The summed E-state index contributed by atoms with van der Waals surface area (Å²) in [4.78, 5) is 0. The number of halogens is 2. The summed E-state index contributed by atoms with van der Waals surface area (Å²) in [5.74, 6) is 0. The van der Waals surface area contributed by atoms with Crippen molar-refractivity contribution in [2.75, 3.05) is 19.8 Å². The van der Waals surface area contributed by atoms with E-state index in [1.807, 2.05) is 18.2 Å². The van der Waals surface area contributed by atoms with Gasteiger partial charge in [-0.05, 0) is 24.1 Å². The maximum atomic E-state index is 6.07. The van der Waals surface area contributed by atoms with Gasteiger partial charge < -0.3 is 10.1 Å². The molecule has 0 saturated carbocycles. The quantitative estimate of drug-likeness (QED) is 0.913. The van der Waals surface area contributed by atoms with Crippen LogP contribution in [0.2, 0.25) is 10.0 Å². The lowest BCUT2D eigenvalue weighted by molar-refractivity contribution is 0.189. The monoisotopic (exact) mass is 287 g/mol. The molecule has 0 amide bonds. The van der Waals surface area contributed by atoms with Gasteiger partial charge in [-0.2, -0.15) is 0 Å². The van der Waals surface area contributed by atoms with Gasteiger partial charge in [0.1, 0.15) is 0 Å². The van der Waals surface area contributed by atoms with Gasteiger partial charge in [-0.25, -0.2) is 0 Å². The van der Waals surface area contributed by atoms with E-state index < -0.39 is 0 Å². The van der Waals surface area contributed by atoms with Crippen LogP contribution in [0.25, 0.3) is 0 Å². The van der Waals surface area contributed by atoms with Gasteiger partial charge in [-0.3, -0.25) is 0 Å². The second-order valence-corrected chi connectivity index (χ2v) is 6.27. The average molecular weight is 288 g/mol. The summed E-state index contributed by atoms with van der Waals surface area (Å²) in [7, 11) is 0. The highest BCUT2D eigenvalue weighted by Gasteiger charge is 2.24. The molecule has 1 aliphatic heterocycles. The molecular weight excluding hydrogens is 269 g/mol. The second-order valence-electron chi connectivity index (χ2n) is 5.45. The van der Waals surface area contributed by atoms with Crippen LogP contribution in [-0.4, -0.2) is 25.8 Å². The fraction of sp³-hybridized carbons (Fsp3) is 0.571. The summed E-state index contributed by atoms with van der Waals surface area (Å²) in [6.07, 6.45) is 1.09. The molecule has 100 valence electrons. The molecule has 2 nitrogen and oxygen atoms in total. The zero-order chi connectivity index (χ0) is 13.2. The molecule has 0 radical (unpaired) electrons. The number of benzene rings is 1. The smallest absolute Gasteiger partial charge is 0.0620 e. The molecular formula is C14H19Cl2NO. The van der Waals surface area contributed by atoms with Crippen molar-refractivity contribution in [1.82, 2.24) is 5.32 Å². The lowest BCUT2D eigenvalue weighted by atomic mass is 9.84. The van der Waals surface area contributed by atoms with E-state index in [-0.39, 0.29) is 5.41 Å². The maximum absolute atomic E-state index is 6.07. The molecule has 1 unspecified atom stereocenters. The van der Waals surface area contributed by atoms with Crippen molar-refractivity contribution >= 4 is 23.2 Å². The van der Waals surface area contributed by atoms with Crippen LogP contribution in [0.1, 0.15) is 25.8 Å². The van der Waals surface area contributed by atoms with Crippen LogP contribution in [-0.2, 0) is 10.2 Å².